The topological polar surface area (TPSA) is 88.6 Å². The van der Waals surface area contributed by atoms with E-state index in [0.717, 1.165) is 16.1 Å². The number of sulfonamides is 1. The highest BCUT2D eigenvalue weighted by Gasteiger charge is 2.25. The molecule has 0 unspecified atom stereocenters. The number of rotatable bonds is 7. The fraction of sp³-hybridized carbons (Fsp3) is 0.304. The molecule has 0 radical (unpaired) electrons. The Labute approximate surface area is 192 Å². The van der Waals surface area contributed by atoms with Crippen molar-refractivity contribution in [2.24, 2.45) is 0 Å². The molecule has 2 aromatic carbocycles. The molecule has 9 heteroatoms. The van der Waals surface area contributed by atoms with Gasteiger partial charge in [-0.2, -0.15) is 4.31 Å². The van der Waals surface area contributed by atoms with Crippen molar-refractivity contribution < 1.29 is 17.9 Å². The van der Waals surface area contributed by atoms with Crippen LogP contribution in [0.5, 0.6) is 0 Å². The van der Waals surface area contributed by atoms with E-state index in [1.807, 2.05) is 55.5 Å². The second-order valence-corrected chi connectivity index (χ2v) is 10.7. The van der Waals surface area contributed by atoms with Gasteiger partial charge in [-0.15, -0.1) is 11.3 Å². The lowest BCUT2D eigenvalue weighted by atomic mass is 10.1. The number of hydrogen-bond donors (Lipinski definition) is 1. The number of carbonyl (C=O) groups is 1. The number of amides is 1. The molecule has 1 N–H and O–H groups in total. The molecular formula is C23H25N3O4S2. The molecule has 7 nitrogen and oxygen atoms in total. The first-order valence-electron chi connectivity index (χ1n) is 10.4. The van der Waals surface area contributed by atoms with Crippen LogP contribution < -0.4 is 5.32 Å². The Morgan fingerprint density at radius 1 is 1.06 bits per heavy atom. The van der Waals surface area contributed by atoms with Crippen molar-refractivity contribution in [2.45, 2.75) is 19.2 Å². The van der Waals surface area contributed by atoms with E-state index in [1.54, 1.807) is 6.07 Å². The zero-order valence-electron chi connectivity index (χ0n) is 17.8. The summed E-state index contributed by atoms with van der Waals surface area (Å²) in [6, 6.07) is 16.9. The molecule has 1 aromatic heterocycles. The Morgan fingerprint density at radius 3 is 2.44 bits per heavy atom. The molecule has 0 spiro atoms. The first kappa shape index (κ1) is 22.6. The lowest BCUT2D eigenvalue weighted by Crippen LogP contribution is -2.41. The van der Waals surface area contributed by atoms with Gasteiger partial charge >= 0.3 is 0 Å². The van der Waals surface area contributed by atoms with E-state index < -0.39 is 10.0 Å². The van der Waals surface area contributed by atoms with Gasteiger partial charge in [0, 0.05) is 25.2 Å². The summed E-state index contributed by atoms with van der Waals surface area (Å²) in [4.78, 5) is 18.1. The van der Waals surface area contributed by atoms with E-state index in [4.69, 9.17) is 4.74 Å². The predicted molar refractivity (Wildman–Crippen MR) is 125 cm³/mol. The van der Waals surface area contributed by atoms with E-state index in [-0.39, 0.29) is 18.2 Å². The number of nitrogens with zero attached hydrogens (tertiary/aromatic N) is 2. The van der Waals surface area contributed by atoms with Gasteiger partial charge in [-0.25, -0.2) is 13.4 Å². The third-order valence-corrected chi connectivity index (χ3v) is 8.04. The number of hydrogen-bond acceptors (Lipinski definition) is 6. The number of thiazole rings is 1. The highest BCUT2D eigenvalue weighted by Crippen LogP contribution is 2.28. The first-order valence-corrected chi connectivity index (χ1v) is 12.8. The monoisotopic (exact) mass is 471 g/mol. The molecule has 0 aliphatic carbocycles. The lowest BCUT2D eigenvalue weighted by molar-refractivity contribution is 0.0729. The average Bonchev–Trinajstić information content (AvgIpc) is 3.21. The summed E-state index contributed by atoms with van der Waals surface area (Å²) >= 11 is 1.35. The largest absolute Gasteiger partial charge is 0.379 e. The van der Waals surface area contributed by atoms with Gasteiger partial charge in [-0.05, 0) is 18.1 Å². The Morgan fingerprint density at radius 2 is 1.72 bits per heavy atom. The maximum Gasteiger partial charge on any atom is 0.263 e. The minimum absolute atomic E-state index is 0.103. The van der Waals surface area contributed by atoms with Crippen LogP contribution >= 0.6 is 11.3 Å². The smallest absolute Gasteiger partial charge is 0.263 e. The molecule has 32 heavy (non-hydrogen) atoms. The zero-order valence-corrected chi connectivity index (χ0v) is 19.4. The molecule has 1 aliphatic heterocycles. The number of aryl methyl sites for hydroxylation is 1. The summed E-state index contributed by atoms with van der Waals surface area (Å²) < 4.78 is 32.4. The van der Waals surface area contributed by atoms with Crippen LogP contribution in [-0.4, -0.2) is 49.9 Å². The maximum absolute atomic E-state index is 13.0. The average molecular weight is 472 g/mol. The van der Waals surface area contributed by atoms with E-state index in [9.17, 15) is 13.2 Å². The van der Waals surface area contributed by atoms with Crippen molar-refractivity contribution in [3.8, 4) is 11.3 Å². The summed E-state index contributed by atoms with van der Waals surface area (Å²) in [7, 11) is -3.46. The van der Waals surface area contributed by atoms with Crippen LogP contribution in [0.4, 0.5) is 0 Å². The molecule has 1 saturated heterocycles. The van der Waals surface area contributed by atoms with Gasteiger partial charge in [-0.1, -0.05) is 54.6 Å². The van der Waals surface area contributed by atoms with Gasteiger partial charge in [0.1, 0.15) is 4.88 Å². The van der Waals surface area contributed by atoms with Crippen LogP contribution in [0.3, 0.4) is 0 Å². The molecule has 0 saturated carbocycles. The number of morpholine rings is 1. The van der Waals surface area contributed by atoms with E-state index >= 15 is 0 Å². The van der Waals surface area contributed by atoms with E-state index in [1.165, 1.54) is 15.6 Å². The molecular weight excluding hydrogens is 446 g/mol. The van der Waals surface area contributed by atoms with Gasteiger partial charge in [0.25, 0.3) is 5.91 Å². The van der Waals surface area contributed by atoms with Gasteiger partial charge < -0.3 is 10.1 Å². The van der Waals surface area contributed by atoms with Crippen LogP contribution in [0.1, 0.15) is 25.8 Å². The van der Waals surface area contributed by atoms with Crippen molar-refractivity contribution in [2.75, 3.05) is 26.3 Å². The number of carbonyl (C=O) groups excluding carboxylic acids is 1. The molecule has 0 atom stereocenters. The summed E-state index contributed by atoms with van der Waals surface area (Å²) in [5, 5.41) is 3.76. The van der Waals surface area contributed by atoms with Gasteiger partial charge in [-0.3, -0.25) is 4.79 Å². The van der Waals surface area contributed by atoms with Crippen molar-refractivity contribution in [3.63, 3.8) is 0 Å². The molecule has 3 aromatic rings. The van der Waals surface area contributed by atoms with Crippen LogP contribution in [0, 0.1) is 6.92 Å². The summed E-state index contributed by atoms with van der Waals surface area (Å²) in [6.45, 7) is 3.67. The van der Waals surface area contributed by atoms with Crippen molar-refractivity contribution in [3.05, 3.63) is 75.6 Å². The normalized spacial score (nSPS) is 14.9. The standard InChI is InChI=1S/C23H25N3O4S2/c1-17-25-21(18-7-3-2-4-8-18)22(31-17)23(27)24-15-19-9-5-6-10-20(19)16-32(28,29)26-11-13-30-14-12-26/h2-10H,11-16H2,1H3,(H,24,27). The van der Waals surface area contributed by atoms with Crippen molar-refractivity contribution >= 4 is 27.3 Å². The summed E-state index contributed by atoms with van der Waals surface area (Å²) in [5.74, 6) is -0.325. The minimum Gasteiger partial charge on any atom is -0.379 e. The SMILES string of the molecule is Cc1nc(-c2ccccc2)c(C(=O)NCc2ccccc2CS(=O)(=O)N2CCOCC2)s1. The number of nitrogens with one attached hydrogen (secondary N) is 1. The Kier molecular flexibility index (Phi) is 7.00. The predicted octanol–water partition coefficient (Wildman–Crippen LogP) is 3.21. The molecule has 1 fully saturated rings. The van der Waals surface area contributed by atoms with Gasteiger partial charge in [0.05, 0.1) is 29.7 Å². The first-order chi connectivity index (χ1) is 15.4. The third-order valence-electron chi connectivity index (χ3n) is 5.25. The fourth-order valence-electron chi connectivity index (χ4n) is 3.61. The minimum atomic E-state index is -3.46. The Bertz CT molecular complexity index is 1190. The molecule has 168 valence electrons. The third kappa shape index (κ3) is 5.24. The molecule has 4 rings (SSSR count). The summed E-state index contributed by atoms with van der Waals surface area (Å²) in [6.07, 6.45) is 0. The van der Waals surface area contributed by atoms with Crippen LogP contribution in [0.15, 0.2) is 54.6 Å². The van der Waals surface area contributed by atoms with E-state index in [0.29, 0.717) is 42.4 Å². The number of aromatic nitrogens is 1. The second kappa shape index (κ2) is 9.91. The Hall–Kier alpha value is -2.59. The highest BCUT2D eigenvalue weighted by atomic mass is 32.2. The fourth-order valence-corrected chi connectivity index (χ4v) is 6.03. The van der Waals surface area contributed by atoms with Gasteiger partial charge in [0.2, 0.25) is 10.0 Å². The second-order valence-electron chi connectivity index (χ2n) is 7.50. The molecule has 1 amide bonds. The highest BCUT2D eigenvalue weighted by molar-refractivity contribution is 7.88. The Balaban J connectivity index is 1.49. The van der Waals surface area contributed by atoms with Crippen LogP contribution in [0.2, 0.25) is 0 Å². The quantitative estimate of drug-likeness (QED) is 0.572. The van der Waals surface area contributed by atoms with E-state index in [2.05, 4.69) is 10.3 Å². The maximum atomic E-state index is 13.0. The molecule has 1 aliphatic rings. The number of benzene rings is 2. The van der Waals surface area contributed by atoms with Crippen LogP contribution in [-0.2, 0) is 27.1 Å². The van der Waals surface area contributed by atoms with Crippen molar-refractivity contribution in [1.29, 1.82) is 0 Å². The van der Waals surface area contributed by atoms with Gasteiger partial charge in [0.15, 0.2) is 0 Å². The molecule has 0 bridgehead atoms. The lowest BCUT2D eigenvalue weighted by Gasteiger charge is -2.26. The number of ether oxygens (including phenoxy) is 1. The summed E-state index contributed by atoms with van der Waals surface area (Å²) in [5.41, 5.74) is 3.01. The van der Waals surface area contributed by atoms with Crippen molar-refractivity contribution in [1.82, 2.24) is 14.6 Å². The molecule has 2 heterocycles. The van der Waals surface area contributed by atoms with Crippen LogP contribution in [0.25, 0.3) is 11.3 Å². The zero-order chi connectivity index (χ0) is 22.6.